The fraction of sp³-hybridized carbons (Fsp3) is 0.353. The van der Waals surface area contributed by atoms with Crippen LogP contribution in [0.1, 0.15) is 11.3 Å². The van der Waals surface area contributed by atoms with Crippen molar-refractivity contribution in [3.8, 4) is 0 Å². The molecule has 1 amide bonds. The lowest BCUT2D eigenvalue weighted by molar-refractivity contribution is 0.0942. The number of halogens is 2. The fourth-order valence-electron chi connectivity index (χ4n) is 2.90. The number of nitrogens with one attached hydrogen (secondary N) is 2. The first-order valence-corrected chi connectivity index (χ1v) is 10.7. The summed E-state index contributed by atoms with van der Waals surface area (Å²) in [6.45, 7) is 3.04. The van der Waals surface area contributed by atoms with E-state index in [1.54, 1.807) is 29.3 Å². The second-order valence-electron chi connectivity index (χ2n) is 6.53. The number of H-pyrrole nitrogens is 1. The van der Waals surface area contributed by atoms with Crippen molar-refractivity contribution in [1.29, 1.82) is 0 Å². The van der Waals surface area contributed by atoms with E-state index in [4.69, 9.17) is 27.9 Å². The summed E-state index contributed by atoms with van der Waals surface area (Å²) in [5.41, 5.74) is 1.61. The smallest absolute Gasteiger partial charge is 0.410 e. The van der Waals surface area contributed by atoms with Crippen LogP contribution < -0.4 is 10.2 Å². The Hall–Kier alpha value is -2.63. The van der Waals surface area contributed by atoms with Crippen LogP contribution in [-0.2, 0) is 17.9 Å². The van der Waals surface area contributed by atoms with E-state index in [1.807, 2.05) is 0 Å². The molecule has 158 valence electrons. The average Bonchev–Trinajstić information content (AvgIpc) is 3.42. The number of carbonyl (C=O) groups is 1. The highest BCUT2D eigenvalue weighted by atomic mass is 35.5. The number of hydrogen-bond acceptors (Lipinski definition) is 9. The molecular weight excluding hydrogens is 451 g/mol. The predicted octanol–water partition coefficient (Wildman–Crippen LogP) is 3.03. The zero-order chi connectivity index (χ0) is 20.9. The third kappa shape index (κ3) is 5.29. The molecule has 10 nitrogen and oxygen atoms in total. The Kier molecular flexibility index (Phi) is 6.50. The minimum atomic E-state index is -0.362. The minimum absolute atomic E-state index is 0.122. The molecule has 0 radical (unpaired) electrons. The molecule has 0 spiro atoms. The van der Waals surface area contributed by atoms with Gasteiger partial charge in [-0.15, -0.1) is 15.3 Å². The number of ether oxygens (including phenoxy) is 1. The summed E-state index contributed by atoms with van der Waals surface area (Å²) < 4.78 is 5.39. The van der Waals surface area contributed by atoms with Gasteiger partial charge in [-0.2, -0.15) is 0 Å². The average molecular weight is 469 g/mol. The second-order valence-corrected chi connectivity index (χ2v) is 8.36. The van der Waals surface area contributed by atoms with Crippen LogP contribution in [0.4, 0.5) is 15.1 Å². The first-order valence-electron chi connectivity index (χ1n) is 9.11. The highest BCUT2D eigenvalue weighted by Crippen LogP contribution is 2.25. The Morgan fingerprint density at radius 2 is 1.93 bits per heavy atom. The van der Waals surface area contributed by atoms with Crippen molar-refractivity contribution in [3.63, 3.8) is 0 Å². The molecule has 0 atom stereocenters. The molecule has 0 saturated carbocycles. The highest BCUT2D eigenvalue weighted by Gasteiger charge is 2.24. The van der Waals surface area contributed by atoms with Crippen molar-refractivity contribution in [2.45, 2.75) is 13.2 Å². The number of amides is 1. The van der Waals surface area contributed by atoms with Crippen LogP contribution in [0.2, 0.25) is 10.0 Å². The van der Waals surface area contributed by atoms with Gasteiger partial charge in [-0.3, -0.25) is 5.10 Å². The van der Waals surface area contributed by atoms with E-state index in [2.05, 4.69) is 35.8 Å². The van der Waals surface area contributed by atoms with E-state index < -0.39 is 0 Å². The van der Waals surface area contributed by atoms with E-state index in [0.717, 1.165) is 16.4 Å². The Morgan fingerprint density at radius 1 is 1.17 bits per heavy atom. The summed E-state index contributed by atoms with van der Waals surface area (Å²) >= 11 is 13.4. The number of anilines is 2. The molecule has 4 rings (SSSR count). The van der Waals surface area contributed by atoms with Gasteiger partial charge >= 0.3 is 6.09 Å². The Morgan fingerprint density at radius 3 is 2.63 bits per heavy atom. The fourth-order valence-corrected chi connectivity index (χ4v) is 4.27. The number of piperazine rings is 1. The molecule has 0 unspecified atom stereocenters. The number of nitrogens with zero attached hydrogens (tertiary/aromatic N) is 6. The van der Waals surface area contributed by atoms with Gasteiger partial charge in [0.15, 0.2) is 0 Å². The molecule has 1 fully saturated rings. The van der Waals surface area contributed by atoms with Crippen molar-refractivity contribution in [2.75, 3.05) is 36.4 Å². The number of aromatic amines is 1. The molecule has 0 aliphatic carbocycles. The van der Waals surface area contributed by atoms with Crippen LogP contribution in [0.3, 0.4) is 0 Å². The lowest BCUT2D eigenvalue weighted by Crippen LogP contribution is -2.48. The maximum absolute atomic E-state index is 12.4. The molecule has 30 heavy (non-hydrogen) atoms. The molecular formula is C17H18Cl2N8O2S. The quantitative estimate of drug-likeness (QED) is 0.567. The second kappa shape index (κ2) is 9.45. The van der Waals surface area contributed by atoms with Crippen LogP contribution in [-0.4, -0.2) is 62.8 Å². The topological polar surface area (TPSA) is 112 Å². The van der Waals surface area contributed by atoms with Crippen LogP contribution in [0, 0.1) is 0 Å². The van der Waals surface area contributed by atoms with Gasteiger partial charge in [0.2, 0.25) is 10.3 Å². The standard InChI is InChI=1S/C17H18Cl2N8O2S/c18-12-5-11(6-13(19)7-12)10-29-17(28)27-3-1-26(2-4-27)16-24-23-15(30-16)20-8-14-9-21-25-22-14/h5-7,9H,1-4,8,10H2,(H,20,23)(H,21,22,25). The summed E-state index contributed by atoms with van der Waals surface area (Å²) in [5, 5.41) is 24.3. The largest absolute Gasteiger partial charge is 0.445 e. The monoisotopic (exact) mass is 468 g/mol. The van der Waals surface area contributed by atoms with Crippen molar-refractivity contribution in [2.24, 2.45) is 0 Å². The van der Waals surface area contributed by atoms with E-state index in [9.17, 15) is 4.79 Å². The zero-order valence-electron chi connectivity index (χ0n) is 15.7. The number of hydrogen-bond donors (Lipinski definition) is 2. The molecule has 3 aromatic rings. The van der Waals surface area contributed by atoms with Crippen molar-refractivity contribution in [3.05, 3.63) is 45.7 Å². The predicted molar refractivity (Wildman–Crippen MR) is 114 cm³/mol. The Labute approximate surface area is 186 Å². The van der Waals surface area contributed by atoms with Crippen LogP contribution in [0.25, 0.3) is 0 Å². The molecule has 13 heteroatoms. The van der Waals surface area contributed by atoms with Gasteiger partial charge < -0.3 is 19.9 Å². The maximum atomic E-state index is 12.4. The van der Waals surface area contributed by atoms with Gasteiger partial charge in [0.05, 0.1) is 18.4 Å². The van der Waals surface area contributed by atoms with Gasteiger partial charge in [0.25, 0.3) is 0 Å². The third-order valence-electron chi connectivity index (χ3n) is 4.40. The highest BCUT2D eigenvalue weighted by molar-refractivity contribution is 7.19. The minimum Gasteiger partial charge on any atom is -0.445 e. The Bertz CT molecular complexity index is 971. The van der Waals surface area contributed by atoms with Crippen molar-refractivity contribution >= 4 is 50.9 Å². The molecule has 2 aromatic heterocycles. The Balaban J connectivity index is 1.24. The molecule has 1 aliphatic rings. The first kappa shape index (κ1) is 20.6. The van der Waals surface area contributed by atoms with Gasteiger partial charge in [0, 0.05) is 36.2 Å². The number of rotatable bonds is 6. The molecule has 1 aliphatic heterocycles. The number of aromatic nitrogens is 5. The van der Waals surface area contributed by atoms with E-state index in [0.29, 0.717) is 47.9 Å². The summed E-state index contributed by atoms with van der Waals surface area (Å²) in [4.78, 5) is 16.1. The maximum Gasteiger partial charge on any atom is 0.410 e. The molecule has 1 saturated heterocycles. The van der Waals surface area contributed by atoms with Crippen LogP contribution in [0.15, 0.2) is 24.4 Å². The third-order valence-corrected chi connectivity index (χ3v) is 5.78. The summed E-state index contributed by atoms with van der Waals surface area (Å²) in [6.07, 6.45) is 1.28. The van der Waals surface area contributed by atoms with E-state index >= 15 is 0 Å². The van der Waals surface area contributed by atoms with Gasteiger partial charge in [-0.05, 0) is 23.8 Å². The van der Waals surface area contributed by atoms with E-state index in [-0.39, 0.29) is 12.7 Å². The summed E-state index contributed by atoms with van der Waals surface area (Å²) in [5.74, 6) is 0. The van der Waals surface area contributed by atoms with E-state index in [1.165, 1.54) is 11.3 Å². The molecule has 1 aromatic carbocycles. The zero-order valence-corrected chi connectivity index (χ0v) is 18.0. The lowest BCUT2D eigenvalue weighted by atomic mass is 10.2. The lowest BCUT2D eigenvalue weighted by Gasteiger charge is -2.33. The van der Waals surface area contributed by atoms with Crippen LogP contribution >= 0.6 is 34.5 Å². The van der Waals surface area contributed by atoms with Gasteiger partial charge in [0.1, 0.15) is 6.61 Å². The van der Waals surface area contributed by atoms with Crippen molar-refractivity contribution < 1.29 is 9.53 Å². The van der Waals surface area contributed by atoms with Gasteiger partial charge in [-0.25, -0.2) is 4.79 Å². The van der Waals surface area contributed by atoms with Gasteiger partial charge in [-0.1, -0.05) is 39.8 Å². The van der Waals surface area contributed by atoms with Crippen LogP contribution in [0.5, 0.6) is 0 Å². The SMILES string of the molecule is O=C(OCc1cc(Cl)cc(Cl)c1)N1CCN(c2nnc(NCc3cnn[nH]3)s2)CC1. The summed E-state index contributed by atoms with van der Waals surface area (Å²) in [6, 6.07) is 5.09. The normalized spacial score (nSPS) is 14.1. The summed E-state index contributed by atoms with van der Waals surface area (Å²) in [7, 11) is 0. The first-order chi connectivity index (χ1) is 14.6. The van der Waals surface area contributed by atoms with Crippen molar-refractivity contribution in [1.82, 2.24) is 30.5 Å². The molecule has 0 bridgehead atoms. The number of carbonyl (C=O) groups excluding carboxylic acids is 1. The molecule has 3 heterocycles. The molecule has 2 N–H and O–H groups in total. The number of benzene rings is 1.